The van der Waals surface area contributed by atoms with Crippen LogP contribution in [0.1, 0.15) is 66.4 Å². The van der Waals surface area contributed by atoms with Gasteiger partial charge in [0.05, 0.1) is 0 Å². The highest BCUT2D eigenvalue weighted by atomic mass is 16.6. The second-order valence-electron chi connectivity index (χ2n) is 9.86. The lowest BCUT2D eigenvalue weighted by atomic mass is 9.82. The lowest BCUT2D eigenvalue weighted by Crippen LogP contribution is -2.45. The van der Waals surface area contributed by atoms with E-state index in [2.05, 4.69) is 15.6 Å². The first kappa shape index (κ1) is 26.2. The summed E-state index contributed by atoms with van der Waals surface area (Å²) in [5, 5.41) is 14.6. The van der Waals surface area contributed by atoms with Crippen molar-refractivity contribution in [3.63, 3.8) is 0 Å². The zero-order chi connectivity index (χ0) is 24.8. The Morgan fingerprint density at radius 2 is 1.85 bits per heavy atom. The minimum absolute atomic E-state index is 0.151. The van der Waals surface area contributed by atoms with Crippen LogP contribution >= 0.6 is 0 Å². The second-order valence-corrected chi connectivity index (χ2v) is 9.86. The van der Waals surface area contributed by atoms with Crippen LogP contribution in [0.15, 0.2) is 35.3 Å². The van der Waals surface area contributed by atoms with Gasteiger partial charge in [-0.15, -0.1) is 4.99 Å². The molecule has 182 valence electrons. The van der Waals surface area contributed by atoms with Crippen LogP contribution in [-0.4, -0.2) is 52.2 Å². The number of aliphatic imine (C=N–C) groups is 1. The molecule has 9 nitrogen and oxygen atoms in total. The van der Waals surface area contributed by atoms with E-state index in [1.54, 1.807) is 27.7 Å². The summed E-state index contributed by atoms with van der Waals surface area (Å²) >= 11 is 0. The number of guanidine groups is 1. The van der Waals surface area contributed by atoms with Crippen molar-refractivity contribution in [3.05, 3.63) is 35.9 Å². The SMILES string of the molecule is CC(C)CC1(c2ccccc2)NC(=NC(=O)OC(C)(C)C)N(CCCC(C)NC(=O)O)C1=O. The molecule has 0 saturated carbocycles. The van der Waals surface area contributed by atoms with Crippen LogP contribution in [0.5, 0.6) is 0 Å². The number of nitrogens with zero attached hydrogens (tertiary/aromatic N) is 2. The third kappa shape index (κ3) is 7.20. The Morgan fingerprint density at radius 1 is 1.21 bits per heavy atom. The van der Waals surface area contributed by atoms with Gasteiger partial charge in [-0.2, -0.15) is 0 Å². The van der Waals surface area contributed by atoms with Gasteiger partial charge in [0.2, 0.25) is 5.96 Å². The quantitative estimate of drug-likeness (QED) is 0.537. The monoisotopic (exact) mass is 460 g/mol. The van der Waals surface area contributed by atoms with E-state index in [4.69, 9.17) is 9.84 Å². The molecule has 1 saturated heterocycles. The number of rotatable bonds is 8. The maximum atomic E-state index is 13.8. The third-order valence-electron chi connectivity index (χ3n) is 5.15. The molecule has 1 aliphatic heterocycles. The molecule has 1 aromatic carbocycles. The zero-order valence-corrected chi connectivity index (χ0v) is 20.3. The molecule has 0 aromatic heterocycles. The topological polar surface area (TPSA) is 120 Å². The van der Waals surface area contributed by atoms with E-state index in [0.29, 0.717) is 19.3 Å². The molecular weight excluding hydrogens is 424 g/mol. The molecule has 1 heterocycles. The lowest BCUT2D eigenvalue weighted by molar-refractivity contribution is -0.132. The van der Waals surface area contributed by atoms with Gasteiger partial charge >= 0.3 is 12.2 Å². The first-order valence-electron chi connectivity index (χ1n) is 11.3. The van der Waals surface area contributed by atoms with Crippen molar-refractivity contribution in [1.82, 2.24) is 15.5 Å². The molecule has 0 aliphatic carbocycles. The molecule has 3 N–H and O–H groups in total. The fourth-order valence-corrected chi connectivity index (χ4v) is 3.93. The van der Waals surface area contributed by atoms with Gasteiger partial charge in [-0.25, -0.2) is 9.59 Å². The molecule has 2 unspecified atom stereocenters. The Kier molecular flexibility index (Phi) is 8.46. The molecule has 9 heteroatoms. The van der Waals surface area contributed by atoms with Crippen LogP contribution in [0.4, 0.5) is 9.59 Å². The van der Waals surface area contributed by atoms with E-state index < -0.39 is 23.3 Å². The number of nitrogens with one attached hydrogen (secondary N) is 2. The van der Waals surface area contributed by atoms with Crippen LogP contribution in [0.2, 0.25) is 0 Å². The van der Waals surface area contributed by atoms with Crippen molar-refractivity contribution in [3.8, 4) is 0 Å². The molecule has 0 spiro atoms. The van der Waals surface area contributed by atoms with E-state index in [9.17, 15) is 14.4 Å². The number of hydrogen-bond donors (Lipinski definition) is 3. The molecule has 0 bridgehead atoms. The van der Waals surface area contributed by atoms with Crippen molar-refractivity contribution in [2.45, 2.75) is 78.0 Å². The summed E-state index contributed by atoms with van der Waals surface area (Å²) < 4.78 is 5.34. The summed E-state index contributed by atoms with van der Waals surface area (Å²) in [4.78, 5) is 42.7. The van der Waals surface area contributed by atoms with Gasteiger partial charge in [0.25, 0.3) is 5.91 Å². The van der Waals surface area contributed by atoms with Crippen LogP contribution in [0, 0.1) is 5.92 Å². The molecule has 2 atom stereocenters. The number of hydrogen-bond acceptors (Lipinski definition) is 4. The average molecular weight is 461 g/mol. The second kappa shape index (κ2) is 10.7. The summed E-state index contributed by atoms with van der Waals surface area (Å²) in [5.41, 5.74) is -0.980. The molecule has 1 aromatic rings. The summed E-state index contributed by atoms with van der Waals surface area (Å²) in [6.45, 7) is 11.4. The smallest absolute Gasteiger partial charge is 0.437 e. The average Bonchev–Trinajstić information content (AvgIpc) is 2.92. The minimum Gasteiger partial charge on any atom is -0.465 e. The number of carboxylic acid groups (broad SMARTS) is 1. The summed E-state index contributed by atoms with van der Waals surface area (Å²) in [7, 11) is 0. The fourth-order valence-electron chi connectivity index (χ4n) is 3.93. The zero-order valence-electron chi connectivity index (χ0n) is 20.3. The fraction of sp³-hybridized carbons (Fsp3) is 0.583. The number of carbonyl (C=O) groups excluding carboxylic acids is 2. The largest absolute Gasteiger partial charge is 0.465 e. The predicted octanol–water partition coefficient (Wildman–Crippen LogP) is 4.09. The van der Waals surface area contributed by atoms with Gasteiger partial charge in [-0.3, -0.25) is 9.69 Å². The van der Waals surface area contributed by atoms with E-state index in [1.807, 2.05) is 44.2 Å². The summed E-state index contributed by atoms with van der Waals surface area (Å²) in [6, 6.07) is 9.14. The van der Waals surface area contributed by atoms with E-state index >= 15 is 0 Å². The predicted molar refractivity (Wildman–Crippen MR) is 126 cm³/mol. The van der Waals surface area contributed by atoms with Crippen LogP contribution in [-0.2, 0) is 15.1 Å². The van der Waals surface area contributed by atoms with Crippen LogP contribution < -0.4 is 10.6 Å². The standard InChI is InChI=1S/C24H36N4O5/c1-16(2)15-24(18-12-8-7-9-13-18)19(29)28(14-10-11-17(3)25-21(30)31)20(27-24)26-22(32)33-23(4,5)6/h7-9,12-13,16-17,25H,10-11,14-15H2,1-6H3,(H,30,31)(H,26,27,32). The van der Waals surface area contributed by atoms with Gasteiger partial charge in [-0.1, -0.05) is 44.2 Å². The lowest BCUT2D eigenvalue weighted by Gasteiger charge is -2.29. The molecule has 0 radical (unpaired) electrons. The maximum Gasteiger partial charge on any atom is 0.437 e. The molecule has 1 fully saturated rings. The van der Waals surface area contributed by atoms with Gasteiger partial charge in [-0.05, 0) is 58.4 Å². The normalized spacial score (nSPS) is 20.6. The summed E-state index contributed by atoms with van der Waals surface area (Å²) in [5.74, 6) is 0.144. The Hall–Kier alpha value is -3.10. The van der Waals surface area contributed by atoms with Crippen LogP contribution in [0.25, 0.3) is 0 Å². The van der Waals surface area contributed by atoms with E-state index in [-0.39, 0.29) is 30.4 Å². The number of benzene rings is 1. The van der Waals surface area contributed by atoms with Gasteiger partial charge in [0.15, 0.2) is 0 Å². The highest BCUT2D eigenvalue weighted by molar-refractivity contribution is 6.11. The number of amides is 3. The Balaban J connectivity index is 2.38. The highest BCUT2D eigenvalue weighted by Gasteiger charge is 2.51. The van der Waals surface area contributed by atoms with E-state index in [1.165, 1.54) is 4.90 Å². The van der Waals surface area contributed by atoms with Crippen molar-refractivity contribution >= 4 is 24.1 Å². The van der Waals surface area contributed by atoms with Gasteiger partial charge in [0, 0.05) is 12.6 Å². The molecular formula is C24H36N4O5. The maximum absolute atomic E-state index is 13.8. The van der Waals surface area contributed by atoms with E-state index in [0.717, 1.165) is 5.56 Å². The van der Waals surface area contributed by atoms with Gasteiger partial charge < -0.3 is 20.5 Å². The number of ether oxygens (including phenoxy) is 1. The Labute approximate surface area is 195 Å². The van der Waals surface area contributed by atoms with Crippen molar-refractivity contribution in [2.75, 3.05) is 6.54 Å². The first-order valence-corrected chi connectivity index (χ1v) is 11.3. The van der Waals surface area contributed by atoms with Crippen molar-refractivity contribution < 1.29 is 24.2 Å². The van der Waals surface area contributed by atoms with Gasteiger partial charge in [0.1, 0.15) is 11.1 Å². The Bertz CT molecular complexity index is 879. The molecule has 2 rings (SSSR count). The van der Waals surface area contributed by atoms with Crippen molar-refractivity contribution in [2.24, 2.45) is 10.9 Å². The molecule has 1 aliphatic rings. The number of carbonyl (C=O) groups is 3. The Morgan fingerprint density at radius 3 is 2.39 bits per heavy atom. The molecule has 3 amide bonds. The minimum atomic E-state index is -1.09. The highest BCUT2D eigenvalue weighted by Crippen LogP contribution is 2.35. The molecule has 33 heavy (non-hydrogen) atoms. The first-order chi connectivity index (χ1) is 15.3. The summed E-state index contributed by atoms with van der Waals surface area (Å²) in [6.07, 6.45) is -0.310. The third-order valence-corrected chi connectivity index (χ3v) is 5.15. The van der Waals surface area contributed by atoms with Crippen LogP contribution in [0.3, 0.4) is 0 Å². The van der Waals surface area contributed by atoms with Crippen molar-refractivity contribution in [1.29, 1.82) is 0 Å².